The first-order chi connectivity index (χ1) is 14.7. The minimum absolute atomic E-state index is 0.203. The molecule has 0 saturated carbocycles. The molecule has 0 spiro atoms. The molecule has 3 aromatic rings. The highest BCUT2D eigenvalue weighted by Crippen LogP contribution is 2.32. The maximum atomic E-state index is 13.2. The molecule has 0 unspecified atom stereocenters. The molecule has 0 radical (unpaired) electrons. The zero-order valence-corrected chi connectivity index (χ0v) is 16.9. The number of rotatable bonds is 4. The van der Waals surface area contributed by atoms with E-state index in [0.29, 0.717) is 36.8 Å². The first-order valence-corrected chi connectivity index (χ1v) is 9.69. The van der Waals surface area contributed by atoms with Gasteiger partial charge < -0.3 is 15.4 Å². The summed E-state index contributed by atoms with van der Waals surface area (Å²) in [6.45, 7) is 4.57. The van der Waals surface area contributed by atoms with Gasteiger partial charge in [0.15, 0.2) is 0 Å². The van der Waals surface area contributed by atoms with E-state index in [9.17, 15) is 18.0 Å². The van der Waals surface area contributed by atoms with Crippen LogP contribution in [0, 0.1) is 0 Å². The van der Waals surface area contributed by atoms with Gasteiger partial charge in [-0.05, 0) is 37.6 Å². The maximum Gasteiger partial charge on any atom is 0.417 e. The summed E-state index contributed by atoms with van der Waals surface area (Å²) >= 11 is 0. The normalized spacial score (nSPS) is 14.5. The van der Waals surface area contributed by atoms with Gasteiger partial charge in [0.05, 0.1) is 42.2 Å². The first-order valence-electron chi connectivity index (χ1n) is 9.69. The second-order valence-corrected chi connectivity index (χ2v) is 7.27. The van der Waals surface area contributed by atoms with Crippen LogP contribution in [0.15, 0.2) is 30.6 Å². The number of nitrogens with two attached hydrogens (primary N) is 1. The van der Waals surface area contributed by atoms with Crippen LogP contribution in [0.5, 0.6) is 0 Å². The number of anilines is 1. The summed E-state index contributed by atoms with van der Waals surface area (Å²) in [4.78, 5) is 27.2. The summed E-state index contributed by atoms with van der Waals surface area (Å²) < 4.78 is 43.9. The molecule has 4 heterocycles. The molecule has 0 aromatic carbocycles. The van der Waals surface area contributed by atoms with Crippen LogP contribution < -0.4 is 5.73 Å². The minimum Gasteiger partial charge on any atom is -0.383 e. The number of nitrogens with zero attached hydrogens (tertiary/aromatic N) is 4. The Morgan fingerprint density at radius 1 is 1.23 bits per heavy atom. The number of amides is 1. The molecule has 0 bridgehead atoms. The van der Waals surface area contributed by atoms with Crippen LogP contribution in [-0.2, 0) is 24.1 Å². The highest BCUT2D eigenvalue weighted by molar-refractivity contribution is 5.97. The van der Waals surface area contributed by atoms with Crippen molar-refractivity contribution in [1.82, 2.24) is 19.9 Å². The van der Waals surface area contributed by atoms with Crippen molar-refractivity contribution in [2.75, 3.05) is 12.3 Å². The molecule has 31 heavy (non-hydrogen) atoms. The van der Waals surface area contributed by atoms with Gasteiger partial charge >= 0.3 is 6.18 Å². The van der Waals surface area contributed by atoms with E-state index in [1.807, 2.05) is 0 Å². The summed E-state index contributed by atoms with van der Waals surface area (Å²) in [5, 5.41) is 0.747. The Morgan fingerprint density at radius 3 is 2.61 bits per heavy atom. The summed E-state index contributed by atoms with van der Waals surface area (Å²) in [6.07, 6.45) is -2.20. The van der Waals surface area contributed by atoms with Crippen molar-refractivity contribution in [3.63, 3.8) is 0 Å². The SMILES string of the molecule is CCN(C(=O)c1cc2c3c(c(N)nc2cn1)COC3)[C@@H](C)c1ccc(C(F)(F)F)cn1. The number of halogens is 3. The number of aromatic nitrogens is 3. The molecule has 162 valence electrons. The smallest absolute Gasteiger partial charge is 0.383 e. The molecule has 1 amide bonds. The van der Waals surface area contributed by atoms with Crippen LogP contribution in [0.2, 0.25) is 0 Å². The highest BCUT2D eigenvalue weighted by Gasteiger charge is 2.31. The zero-order valence-electron chi connectivity index (χ0n) is 16.9. The quantitative estimate of drug-likeness (QED) is 0.674. The lowest BCUT2D eigenvalue weighted by molar-refractivity contribution is -0.137. The minimum atomic E-state index is -4.47. The third-order valence-electron chi connectivity index (χ3n) is 5.45. The van der Waals surface area contributed by atoms with Gasteiger partial charge in [-0.2, -0.15) is 13.2 Å². The fourth-order valence-electron chi connectivity index (χ4n) is 3.71. The predicted molar refractivity (Wildman–Crippen MR) is 107 cm³/mol. The topological polar surface area (TPSA) is 94.2 Å². The van der Waals surface area contributed by atoms with E-state index < -0.39 is 17.8 Å². The summed E-state index contributed by atoms with van der Waals surface area (Å²) in [6, 6.07) is 3.36. The summed E-state index contributed by atoms with van der Waals surface area (Å²) in [5.41, 5.74) is 7.97. The largest absolute Gasteiger partial charge is 0.417 e. The molecule has 1 atom stereocenters. The maximum absolute atomic E-state index is 13.2. The molecule has 1 aliphatic rings. The number of alkyl halides is 3. The Kier molecular flexibility index (Phi) is 5.26. The van der Waals surface area contributed by atoms with Crippen molar-refractivity contribution in [1.29, 1.82) is 0 Å². The number of pyridine rings is 3. The predicted octanol–water partition coefficient (Wildman–Crippen LogP) is 3.88. The monoisotopic (exact) mass is 431 g/mol. The van der Waals surface area contributed by atoms with Crippen molar-refractivity contribution < 1.29 is 22.7 Å². The van der Waals surface area contributed by atoms with Gasteiger partial charge in [-0.1, -0.05) is 0 Å². The van der Waals surface area contributed by atoms with Crippen molar-refractivity contribution in [2.45, 2.75) is 39.3 Å². The van der Waals surface area contributed by atoms with E-state index in [0.717, 1.165) is 28.8 Å². The van der Waals surface area contributed by atoms with Crippen molar-refractivity contribution in [3.05, 3.63) is 58.7 Å². The van der Waals surface area contributed by atoms with Crippen LogP contribution in [0.4, 0.5) is 19.0 Å². The molecule has 4 rings (SSSR count). The number of ether oxygens (including phenoxy) is 1. The Hall–Kier alpha value is -3.27. The van der Waals surface area contributed by atoms with E-state index in [2.05, 4.69) is 15.0 Å². The third-order valence-corrected chi connectivity index (χ3v) is 5.45. The van der Waals surface area contributed by atoms with E-state index in [4.69, 9.17) is 10.5 Å². The number of hydrogen-bond acceptors (Lipinski definition) is 6. The number of fused-ring (bicyclic) bond motifs is 3. The average Bonchev–Trinajstić information content (AvgIpc) is 3.24. The van der Waals surface area contributed by atoms with Gasteiger partial charge in [-0.3, -0.25) is 9.78 Å². The molecular weight excluding hydrogens is 411 g/mol. The van der Waals surface area contributed by atoms with Gasteiger partial charge in [0.2, 0.25) is 0 Å². The van der Waals surface area contributed by atoms with Gasteiger partial charge in [0, 0.05) is 23.7 Å². The van der Waals surface area contributed by atoms with E-state index in [1.54, 1.807) is 19.9 Å². The van der Waals surface area contributed by atoms with Crippen LogP contribution in [0.3, 0.4) is 0 Å². The summed E-state index contributed by atoms with van der Waals surface area (Å²) in [7, 11) is 0. The van der Waals surface area contributed by atoms with Crippen LogP contribution in [0.25, 0.3) is 10.9 Å². The number of nitrogen functional groups attached to an aromatic ring is 1. The van der Waals surface area contributed by atoms with Crippen molar-refractivity contribution >= 4 is 22.6 Å². The Balaban J connectivity index is 1.65. The molecule has 0 aliphatic carbocycles. The fraction of sp³-hybridized carbons (Fsp3) is 0.333. The van der Waals surface area contributed by atoms with E-state index >= 15 is 0 Å². The molecule has 0 fully saturated rings. The van der Waals surface area contributed by atoms with Gasteiger partial charge in [-0.25, -0.2) is 9.97 Å². The van der Waals surface area contributed by atoms with Gasteiger partial charge in [0.1, 0.15) is 11.5 Å². The lowest BCUT2D eigenvalue weighted by atomic mass is 10.0. The Morgan fingerprint density at radius 2 is 1.97 bits per heavy atom. The van der Waals surface area contributed by atoms with Crippen LogP contribution in [-0.4, -0.2) is 32.3 Å². The molecule has 0 saturated heterocycles. The van der Waals surface area contributed by atoms with Crippen LogP contribution in [0.1, 0.15) is 52.8 Å². The zero-order chi connectivity index (χ0) is 22.3. The number of hydrogen-bond donors (Lipinski definition) is 1. The van der Waals surface area contributed by atoms with Gasteiger partial charge in [0.25, 0.3) is 5.91 Å². The third kappa shape index (κ3) is 3.78. The molecule has 3 aromatic heterocycles. The second-order valence-electron chi connectivity index (χ2n) is 7.27. The Bertz CT molecular complexity index is 1150. The first kappa shape index (κ1) is 21.0. The van der Waals surface area contributed by atoms with E-state index in [1.165, 1.54) is 17.2 Å². The van der Waals surface area contributed by atoms with Crippen molar-refractivity contribution in [3.8, 4) is 0 Å². The molecule has 10 heteroatoms. The van der Waals surface area contributed by atoms with Crippen molar-refractivity contribution in [2.24, 2.45) is 0 Å². The molecule has 2 N–H and O–H groups in total. The molecule has 7 nitrogen and oxygen atoms in total. The molecule has 1 aliphatic heterocycles. The lowest BCUT2D eigenvalue weighted by Crippen LogP contribution is -2.34. The number of carbonyl (C=O) groups excluding carboxylic acids is 1. The summed E-state index contributed by atoms with van der Waals surface area (Å²) in [5.74, 6) is 0.0288. The molecular formula is C21H20F3N5O2. The standard InChI is InChI=1S/C21H20F3N5O2/c1-3-29(11(2)16-5-4-12(7-26-16)21(22,23)24)20(30)17-6-13-14-9-31-10-15(14)19(25)28-18(13)8-27-17/h4-8,11H,3,9-10H2,1-2H3,(H2,25,28)/t11-/m0/s1. The van der Waals surface area contributed by atoms with E-state index in [-0.39, 0.29) is 11.6 Å². The fourth-order valence-corrected chi connectivity index (χ4v) is 3.71. The van der Waals surface area contributed by atoms with Gasteiger partial charge in [-0.15, -0.1) is 0 Å². The average molecular weight is 431 g/mol. The Labute approximate surface area is 176 Å². The number of carbonyl (C=O) groups is 1. The second kappa shape index (κ2) is 7.77. The highest BCUT2D eigenvalue weighted by atomic mass is 19.4. The van der Waals surface area contributed by atoms with Crippen LogP contribution >= 0.6 is 0 Å². The lowest BCUT2D eigenvalue weighted by Gasteiger charge is -2.27.